The minimum atomic E-state index is -0.349. The van der Waals surface area contributed by atoms with E-state index in [4.69, 9.17) is 14.2 Å². The molecule has 0 spiro atoms. The van der Waals surface area contributed by atoms with Crippen LogP contribution in [0.25, 0.3) is 0 Å². The van der Waals surface area contributed by atoms with E-state index in [2.05, 4.69) is 30.8 Å². The van der Waals surface area contributed by atoms with Gasteiger partial charge in [0, 0.05) is 13.1 Å². The first-order valence-corrected chi connectivity index (χ1v) is 21.2. The molecule has 5 aliphatic rings. The highest BCUT2D eigenvalue weighted by Crippen LogP contribution is 2.52. The Morgan fingerprint density at radius 3 is 1.85 bits per heavy atom. The van der Waals surface area contributed by atoms with Crippen LogP contribution in [0.5, 0.6) is 17.2 Å². The Morgan fingerprint density at radius 2 is 1.27 bits per heavy atom. The van der Waals surface area contributed by atoms with Crippen molar-refractivity contribution in [1.29, 1.82) is 0 Å². The van der Waals surface area contributed by atoms with Crippen LogP contribution >= 0.6 is 38.6 Å². The highest BCUT2D eigenvalue weighted by atomic mass is 79.9. The Bertz CT molecular complexity index is 1810. The number of ketones is 2. The first kappa shape index (κ1) is 37.1. The monoisotopic (exact) mass is 805 g/mol. The van der Waals surface area contributed by atoms with E-state index in [0.29, 0.717) is 12.8 Å². The van der Waals surface area contributed by atoms with Crippen molar-refractivity contribution in [1.82, 2.24) is 9.97 Å². The van der Waals surface area contributed by atoms with Gasteiger partial charge in [0.2, 0.25) is 6.79 Å². The SMILES string of the molecule is C1CCCCC1.COc1ccc(C2(C(=O)Cc3ncc(Br)s3)CC2)cc1.O=C(Cc1ncc(N2CCCCC2)s1)C1(c2ccc3c(c2)OCO3)CC1. The number of benzene rings is 2. The summed E-state index contributed by atoms with van der Waals surface area (Å²) in [5.41, 5.74) is 1.51. The van der Waals surface area contributed by atoms with Crippen LogP contribution in [0.1, 0.15) is 105 Å². The van der Waals surface area contributed by atoms with Gasteiger partial charge in [-0.3, -0.25) is 9.59 Å². The molecule has 0 bridgehead atoms. The zero-order valence-corrected chi connectivity index (χ0v) is 33.2. The molecular formula is C41H48BrN3O5S2. The molecule has 11 heteroatoms. The molecule has 8 nitrogen and oxygen atoms in total. The summed E-state index contributed by atoms with van der Waals surface area (Å²) in [4.78, 5) is 36.8. The number of anilines is 1. The van der Waals surface area contributed by atoms with E-state index in [1.807, 2.05) is 48.7 Å². The molecule has 0 amide bonds. The van der Waals surface area contributed by atoms with Gasteiger partial charge in [0.25, 0.3) is 0 Å². The number of Topliss-reactive ketones (excluding diaryl/α,β-unsaturated/α-hetero) is 2. The van der Waals surface area contributed by atoms with Crippen LogP contribution in [0.3, 0.4) is 0 Å². The topological polar surface area (TPSA) is 90.9 Å². The molecule has 2 aromatic heterocycles. The van der Waals surface area contributed by atoms with Crippen molar-refractivity contribution in [2.24, 2.45) is 0 Å². The summed E-state index contributed by atoms with van der Waals surface area (Å²) in [6.07, 6.45) is 21.0. The first-order valence-electron chi connectivity index (χ1n) is 18.8. The normalized spacial score (nSPS) is 19.0. The lowest BCUT2D eigenvalue weighted by atomic mass is 9.89. The van der Waals surface area contributed by atoms with E-state index < -0.39 is 0 Å². The van der Waals surface area contributed by atoms with Crippen molar-refractivity contribution < 1.29 is 23.8 Å². The van der Waals surface area contributed by atoms with Crippen LogP contribution in [0.2, 0.25) is 0 Å². The second kappa shape index (κ2) is 16.8. The molecule has 0 radical (unpaired) electrons. The largest absolute Gasteiger partial charge is 0.497 e. The fraction of sp³-hybridized carbons (Fsp3) is 0.512. The number of thiazole rings is 2. The minimum absolute atomic E-state index is 0.262. The molecule has 4 fully saturated rings. The number of hydrogen-bond donors (Lipinski definition) is 0. The summed E-state index contributed by atoms with van der Waals surface area (Å²) in [5.74, 6) is 2.88. The summed E-state index contributed by atoms with van der Waals surface area (Å²) in [5, 5.41) is 3.02. The van der Waals surface area contributed by atoms with Crippen molar-refractivity contribution in [2.45, 2.75) is 107 Å². The number of nitrogens with zero attached hydrogens (tertiary/aromatic N) is 3. The lowest BCUT2D eigenvalue weighted by Crippen LogP contribution is -2.28. The molecule has 276 valence electrons. The van der Waals surface area contributed by atoms with Crippen molar-refractivity contribution in [3.8, 4) is 17.2 Å². The molecular weight excluding hydrogens is 759 g/mol. The zero-order valence-electron chi connectivity index (χ0n) is 30.0. The molecule has 52 heavy (non-hydrogen) atoms. The molecule has 4 heterocycles. The standard InChI is InChI=1S/C20H22N2O3S.C15H14BrNO2S.C6H12/c23-17(11-18-21-12-19(26-18)22-8-2-1-3-9-22)20(6-7-20)14-4-5-15-16(10-14)25-13-24-15;1-19-11-4-2-10(3-5-11)15(6-7-15)12(18)8-14-17-9-13(16)20-14;1-2-4-6-5-3-1/h4-5,10,12H,1-3,6-9,11,13H2;2-5,9H,6-8H2,1H3;1-6H2. The van der Waals surface area contributed by atoms with Gasteiger partial charge in [-0.15, -0.1) is 22.7 Å². The van der Waals surface area contributed by atoms with Crippen LogP contribution < -0.4 is 19.1 Å². The number of carbonyl (C=O) groups is 2. The Hall–Kier alpha value is -3.28. The minimum Gasteiger partial charge on any atom is -0.497 e. The van der Waals surface area contributed by atoms with E-state index in [1.165, 1.54) is 74.1 Å². The van der Waals surface area contributed by atoms with E-state index >= 15 is 0 Å². The fourth-order valence-corrected chi connectivity index (χ4v) is 9.77. The Morgan fingerprint density at radius 1 is 0.731 bits per heavy atom. The average Bonchev–Trinajstić information content (AvgIpc) is 4.03. The maximum absolute atomic E-state index is 13.1. The highest BCUT2D eigenvalue weighted by molar-refractivity contribution is 9.11. The van der Waals surface area contributed by atoms with Gasteiger partial charge in [-0.05, 0) is 96.3 Å². The second-order valence-electron chi connectivity index (χ2n) is 14.5. The third kappa shape index (κ3) is 8.74. The van der Waals surface area contributed by atoms with Crippen molar-refractivity contribution in [3.63, 3.8) is 0 Å². The molecule has 2 aliphatic heterocycles. The van der Waals surface area contributed by atoms with Gasteiger partial charge in [-0.25, -0.2) is 9.97 Å². The summed E-state index contributed by atoms with van der Waals surface area (Å²) in [6, 6.07) is 13.8. The number of aromatic nitrogens is 2. The Labute approximate surface area is 323 Å². The maximum Gasteiger partial charge on any atom is 0.231 e. The second-order valence-corrected chi connectivity index (χ2v) is 18.1. The smallest absolute Gasteiger partial charge is 0.231 e. The molecule has 0 N–H and O–H groups in total. The molecule has 4 aromatic rings. The number of halogens is 1. The maximum atomic E-state index is 13.1. The number of methoxy groups -OCH3 is 1. The van der Waals surface area contributed by atoms with Gasteiger partial charge in [0.15, 0.2) is 11.5 Å². The number of piperidine rings is 1. The fourth-order valence-electron chi connectivity index (χ4n) is 7.50. The van der Waals surface area contributed by atoms with Gasteiger partial charge < -0.3 is 19.1 Å². The summed E-state index contributed by atoms with van der Waals surface area (Å²) in [7, 11) is 1.65. The van der Waals surface area contributed by atoms with E-state index in [9.17, 15) is 9.59 Å². The first-order chi connectivity index (χ1) is 25.4. The molecule has 9 rings (SSSR count). The van der Waals surface area contributed by atoms with Crippen molar-refractivity contribution in [2.75, 3.05) is 31.9 Å². The molecule has 3 saturated carbocycles. The molecule has 0 unspecified atom stereocenters. The predicted octanol–water partition coefficient (Wildman–Crippen LogP) is 9.80. The van der Waals surface area contributed by atoms with Crippen LogP contribution in [-0.2, 0) is 33.3 Å². The molecule has 0 atom stereocenters. The zero-order chi connectivity index (χ0) is 36.0. The van der Waals surface area contributed by atoms with Crippen LogP contribution in [-0.4, -0.2) is 48.5 Å². The van der Waals surface area contributed by atoms with Gasteiger partial charge in [-0.1, -0.05) is 56.7 Å². The van der Waals surface area contributed by atoms with E-state index in [-0.39, 0.29) is 29.2 Å². The van der Waals surface area contributed by atoms with Gasteiger partial charge in [0.05, 0.1) is 47.0 Å². The van der Waals surface area contributed by atoms with Crippen LogP contribution in [0, 0.1) is 0 Å². The number of hydrogen-bond acceptors (Lipinski definition) is 10. The van der Waals surface area contributed by atoms with Crippen LogP contribution in [0.15, 0.2) is 58.6 Å². The Balaban J connectivity index is 0.000000143. The summed E-state index contributed by atoms with van der Waals surface area (Å²) < 4.78 is 17.0. The lowest BCUT2D eigenvalue weighted by Gasteiger charge is -2.26. The summed E-state index contributed by atoms with van der Waals surface area (Å²) in [6.45, 7) is 2.48. The highest BCUT2D eigenvalue weighted by Gasteiger charge is 2.51. The van der Waals surface area contributed by atoms with Crippen molar-refractivity contribution in [3.05, 3.63) is 79.8 Å². The third-order valence-electron chi connectivity index (χ3n) is 11.0. The number of rotatable bonds is 10. The molecule has 2 aromatic carbocycles. The number of fused-ring (bicyclic) bond motifs is 1. The van der Waals surface area contributed by atoms with Gasteiger partial charge >= 0.3 is 0 Å². The van der Waals surface area contributed by atoms with Crippen LogP contribution in [0.4, 0.5) is 5.00 Å². The number of carbonyl (C=O) groups excluding carboxylic acids is 2. The lowest BCUT2D eigenvalue weighted by molar-refractivity contribution is -0.121. The quantitative estimate of drug-likeness (QED) is 0.157. The van der Waals surface area contributed by atoms with E-state index in [0.717, 1.165) is 80.9 Å². The average molecular weight is 807 g/mol. The van der Waals surface area contributed by atoms with E-state index in [1.54, 1.807) is 24.6 Å². The summed E-state index contributed by atoms with van der Waals surface area (Å²) >= 11 is 6.58. The predicted molar refractivity (Wildman–Crippen MR) is 210 cm³/mol. The van der Waals surface area contributed by atoms with Crippen molar-refractivity contribution >= 4 is 55.2 Å². The molecule has 3 aliphatic carbocycles. The van der Waals surface area contributed by atoms with Gasteiger partial charge in [0.1, 0.15) is 32.3 Å². The Kier molecular flexibility index (Phi) is 12.0. The van der Waals surface area contributed by atoms with Gasteiger partial charge in [-0.2, -0.15) is 0 Å². The molecule has 1 saturated heterocycles. The third-order valence-corrected chi connectivity index (χ3v) is 13.5. The number of ether oxygens (including phenoxy) is 3.